The average Bonchev–Trinajstić information content (AvgIpc) is 1.78. The van der Waals surface area contributed by atoms with E-state index in [2.05, 4.69) is 153 Å². The first kappa shape index (κ1) is 157. The minimum atomic E-state index is 0.778. The van der Waals surface area contributed by atoms with Gasteiger partial charge in [-0.1, -0.05) is 420 Å². The molecule has 3 aliphatic heterocycles. The number of thioether (sulfide) groups is 3. The Labute approximate surface area is 848 Å². The number of rotatable bonds is 0. The van der Waals surface area contributed by atoms with Gasteiger partial charge in [0.05, 0.1) is 65.8 Å². The average molecular weight is 1950 g/mol. The van der Waals surface area contributed by atoms with Gasteiger partial charge in [-0.3, -0.25) is 0 Å². The van der Waals surface area contributed by atoms with Crippen LogP contribution >= 0.6 is 58.0 Å². The molecule has 16 aromatic rings. The van der Waals surface area contributed by atoms with Crippen LogP contribution < -0.4 is 5.32 Å². The molecule has 0 saturated carbocycles. The molecule has 7 aromatic carbocycles. The second kappa shape index (κ2) is 148. The second-order valence-corrected chi connectivity index (χ2v) is 25.0. The van der Waals surface area contributed by atoms with Crippen LogP contribution in [-0.4, -0.2) is 108 Å². The highest BCUT2D eigenvalue weighted by Gasteiger charge is 1.98. The van der Waals surface area contributed by atoms with Crippen molar-refractivity contribution < 1.29 is 18.3 Å². The standard InChI is InChI=1S/3C8H7N.C8H6O.C8H6S.C7H6N2.C7H5NO.C7H5NS.C4H9NS.C4H8O2.C4H8S2.22C2H6/c1-2-6-9-7-3-5-8(9)4-1;4*1-2-4-8-7(3-1)5-6-9-8;3*1-2-4-7-6(3-1)8-5-9-7;1-3-6-4-2-5-1;2*1-2-6-4-3-5-1;22*1-2/h1-7H;2*1-6,9H;2*1-6H;1-5H,(H,8,9);2*1-5H;5H,1-4H2;2*1-4H2;22*1-2H3. The molecule has 0 radical (unpaired) electrons. The Bertz CT molecular complexity index is 3350. The largest absolute Gasteiger partial charge is 0.464 e. The van der Waals surface area contributed by atoms with E-state index in [1.807, 2.05) is 486 Å². The van der Waals surface area contributed by atoms with Gasteiger partial charge in [-0.25, -0.2) is 15.0 Å². The number of thiophene rings is 1. The Morgan fingerprint density at radius 1 is 0.269 bits per heavy atom. The fourth-order valence-electron chi connectivity index (χ4n) is 8.66. The molecular formula is C117H206N8O4S5. The van der Waals surface area contributed by atoms with Gasteiger partial charge in [0.15, 0.2) is 12.0 Å². The number of benzene rings is 7. The van der Waals surface area contributed by atoms with Gasteiger partial charge < -0.3 is 43.0 Å². The monoisotopic (exact) mass is 1950 g/mol. The number of aromatic nitrogens is 7. The number of nitrogens with zero attached hydrogens (tertiary/aromatic N) is 4. The molecule has 3 fully saturated rings. The van der Waals surface area contributed by atoms with Gasteiger partial charge in [0.1, 0.15) is 11.1 Å². The van der Waals surface area contributed by atoms with Crippen molar-refractivity contribution in [3.05, 3.63) is 279 Å². The molecular weight excluding hydrogens is 1740 g/mol. The zero-order chi connectivity index (χ0) is 106. The molecule has 9 aromatic heterocycles. The number of thiazole rings is 1. The number of aromatic amines is 3. The van der Waals surface area contributed by atoms with Gasteiger partial charge in [-0.2, -0.15) is 35.3 Å². The van der Waals surface area contributed by atoms with E-state index in [-0.39, 0.29) is 0 Å². The highest BCUT2D eigenvalue weighted by atomic mass is 32.2. The van der Waals surface area contributed by atoms with Gasteiger partial charge in [0, 0.05) is 99.0 Å². The number of nitrogens with one attached hydrogen (secondary N) is 4. The summed E-state index contributed by atoms with van der Waals surface area (Å²) in [5.41, 5.74) is 11.5. The Kier molecular flexibility index (Phi) is 172. The van der Waals surface area contributed by atoms with Gasteiger partial charge in [-0.05, 0) is 131 Å². The van der Waals surface area contributed by atoms with Crippen molar-refractivity contribution in [2.45, 2.75) is 305 Å². The third-order valence-electron chi connectivity index (χ3n) is 13.2. The molecule has 0 atom stereocenters. The Hall–Kier alpha value is -8.36. The fourth-order valence-corrected chi connectivity index (χ4v) is 13.2. The maximum Gasteiger partial charge on any atom is 0.181 e. The van der Waals surface area contributed by atoms with Crippen molar-refractivity contribution in [3.63, 3.8) is 0 Å². The predicted octanol–water partition coefficient (Wildman–Crippen LogP) is 41.7. The van der Waals surface area contributed by atoms with Crippen molar-refractivity contribution in [3.8, 4) is 0 Å². The number of oxazole rings is 1. The number of hydrogen-bond donors (Lipinski definition) is 4. The molecule has 12 nitrogen and oxygen atoms in total. The topological polar surface area (TPSA) is 147 Å². The normalized spacial score (nSPS) is 9.70. The summed E-state index contributed by atoms with van der Waals surface area (Å²) in [6.45, 7) is 93.5. The third-order valence-corrected chi connectivity index (χ3v) is 18.4. The van der Waals surface area contributed by atoms with Crippen LogP contribution in [0.15, 0.2) is 288 Å². The number of imidazole rings is 1. The number of ether oxygens (including phenoxy) is 2. The molecule has 0 aliphatic carbocycles. The lowest BCUT2D eigenvalue weighted by atomic mass is 10.3. The van der Waals surface area contributed by atoms with Gasteiger partial charge in [0.25, 0.3) is 0 Å². The quantitative estimate of drug-likeness (QED) is 0.115. The summed E-state index contributed by atoms with van der Waals surface area (Å²) in [7, 11) is 0. The van der Waals surface area contributed by atoms with Crippen molar-refractivity contribution in [1.29, 1.82) is 0 Å². The van der Waals surface area contributed by atoms with E-state index in [1.165, 1.54) is 96.1 Å². The van der Waals surface area contributed by atoms with Crippen LogP contribution in [0, 0.1) is 0 Å². The summed E-state index contributed by atoms with van der Waals surface area (Å²) < 4.78 is 24.7. The molecule has 3 saturated heterocycles. The molecule has 3 aliphatic rings. The Balaban J connectivity index is -0.0000000947. The minimum absolute atomic E-state index is 0.778. The first-order valence-corrected chi connectivity index (χ1v) is 56.9. The number of furan rings is 1. The third kappa shape index (κ3) is 87.7. The lowest BCUT2D eigenvalue weighted by Gasteiger charge is -2.09. The van der Waals surface area contributed by atoms with Crippen molar-refractivity contribution in [2.24, 2.45) is 0 Å². The van der Waals surface area contributed by atoms with Crippen LogP contribution in [0.2, 0.25) is 0 Å². The van der Waals surface area contributed by atoms with E-state index in [9.17, 15) is 0 Å². The molecule has 17 heteroatoms. The summed E-state index contributed by atoms with van der Waals surface area (Å²) in [4.78, 5) is 21.4. The van der Waals surface area contributed by atoms with Crippen LogP contribution in [0.5, 0.6) is 0 Å². The zero-order valence-corrected chi connectivity index (χ0v) is 98.1. The summed E-state index contributed by atoms with van der Waals surface area (Å²) in [6.07, 6.45) is 12.8. The maximum atomic E-state index is 5.12. The molecule has 19 rings (SSSR count). The van der Waals surface area contributed by atoms with Crippen molar-refractivity contribution in [2.75, 3.05) is 74.0 Å². The lowest BCUT2D eigenvalue weighted by Crippen LogP contribution is -2.24. The highest BCUT2D eigenvalue weighted by molar-refractivity contribution is 8.06. The molecule has 0 unspecified atom stereocenters. The van der Waals surface area contributed by atoms with Gasteiger partial charge in [-0.15, -0.1) is 22.7 Å². The summed E-state index contributed by atoms with van der Waals surface area (Å²) >= 11 is 9.64. The Morgan fingerprint density at radius 2 is 0.634 bits per heavy atom. The van der Waals surface area contributed by atoms with Crippen LogP contribution in [0.25, 0.3) is 80.7 Å². The first-order chi connectivity index (χ1) is 66.7. The van der Waals surface area contributed by atoms with Crippen LogP contribution in [0.3, 0.4) is 0 Å². The molecule has 0 amide bonds. The first-order valence-electron chi connectivity index (χ1n) is 51.7. The minimum Gasteiger partial charge on any atom is -0.464 e. The number of hydrogen-bond acceptors (Lipinski definition) is 13. The molecule has 0 spiro atoms. The van der Waals surface area contributed by atoms with Crippen LogP contribution in [0.4, 0.5) is 0 Å². The van der Waals surface area contributed by atoms with E-state index < -0.39 is 0 Å². The van der Waals surface area contributed by atoms with E-state index in [4.69, 9.17) is 18.3 Å². The van der Waals surface area contributed by atoms with Crippen molar-refractivity contribution >= 4 is 139 Å². The molecule has 768 valence electrons. The SMILES string of the molecule is C1COCCO1.C1CSCCN1.C1CSCCS1.CC.CC.CC.CC.CC.CC.CC.CC.CC.CC.CC.CC.CC.CC.CC.CC.CC.CC.CC.CC.CC.CC.c1ccc2[nH]ccc2c1.c1ccc2[nH]ccc2c1.c1ccc2[nH]cnc2c1.c1ccc2occc2c1.c1ccc2ocnc2c1.c1ccc2sccc2c1.c1ccc2scnc2c1.c1ccn2cccc2c1. The van der Waals surface area contributed by atoms with Gasteiger partial charge >= 0.3 is 0 Å². The Morgan fingerprint density at radius 3 is 1.02 bits per heavy atom. The number of pyridine rings is 1. The predicted molar refractivity (Wildman–Crippen MR) is 638 cm³/mol. The highest BCUT2D eigenvalue weighted by Crippen LogP contribution is 2.20. The van der Waals surface area contributed by atoms with Crippen LogP contribution in [-0.2, 0) is 9.47 Å². The fraction of sp³-hybridized carbons (Fsp3) is 0.479. The second-order valence-electron chi connectivity index (χ2n) is 19.5. The van der Waals surface area contributed by atoms with E-state index in [1.54, 1.807) is 35.3 Å². The zero-order valence-electron chi connectivity index (χ0n) is 94.0. The van der Waals surface area contributed by atoms with Crippen molar-refractivity contribution in [1.82, 2.24) is 39.6 Å². The smallest absolute Gasteiger partial charge is 0.181 e. The molecule has 0 bridgehead atoms. The van der Waals surface area contributed by atoms with E-state index in [0.717, 1.165) is 65.0 Å². The summed E-state index contributed by atoms with van der Waals surface area (Å²) in [5, 5.41) is 10.4. The summed E-state index contributed by atoms with van der Waals surface area (Å²) in [5.74, 6) is 8.13. The molecule has 134 heavy (non-hydrogen) atoms. The van der Waals surface area contributed by atoms with Gasteiger partial charge in [0.2, 0.25) is 0 Å². The van der Waals surface area contributed by atoms with E-state index >= 15 is 0 Å². The summed E-state index contributed by atoms with van der Waals surface area (Å²) in [6, 6.07) is 75.0. The van der Waals surface area contributed by atoms with Crippen LogP contribution in [0.1, 0.15) is 305 Å². The van der Waals surface area contributed by atoms with E-state index in [0.29, 0.717) is 0 Å². The maximum absolute atomic E-state index is 5.12. The number of H-pyrrole nitrogens is 3. The number of para-hydroxylation sites is 8. The molecule has 12 heterocycles. The lowest BCUT2D eigenvalue weighted by molar-refractivity contribution is -0.0334. The number of fused-ring (bicyclic) bond motifs is 8. The molecule has 4 N–H and O–H groups in total.